The molecule has 1 amide bonds. The van der Waals surface area contributed by atoms with E-state index >= 15 is 0 Å². The minimum Gasteiger partial charge on any atom is -0.390 e. The zero-order valence-corrected chi connectivity index (χ0v) is 13.8. The molecule has 0 bridgehead atoms. The number of H-pyrrole nitrogens is 1. The summed E-state index contributed by atoms with van der Waals surface area (Å²) < 4.78 is 5.01. The topological polar surface area (TPSA) is 97.8 Å². The van der Waals surface area contributed by atoms with Gasteiger partial charge in [0, 0.05) is 46.4 Å². The van der Waals surface area contributed by atoms with Crippen molar-refractivity contribution < 1.29 is 14.6 Å². The van der Waals surface area contributed by atoms with Crippen molar-refractivity contribution in [2.75, 3.05) is 60.0 Å². The molecule has 23 heavy (non-hydrogen) atoms. The van der Waals surface area contributed by atoms with Crippen molar-refractivity contribution in [1.82, 2.24) is 30.1 Å². The molecule has 9 nitrogen and oxygen atoms in total. The Morgan fingerprint density at radius 3 is 3.04 bits per heavy atom. The lowest BCUT2D eigenvalue weighted by Gasteiger charge is -2.24. The zero-order chi connectivity index (χ0) is 16.7. The Labute approximate surface area is 136 Å². The molecule has 0 unspecified atom stereocenters. The molecule has 0 saturated carbocycles. The molecule has 1 aliphatic heterocycles. The van der Waals surface area contributed by atoms with Crippen LogP contribution in [0.4, 0.5) is 0 Å². The molecular weight excluding hydrogens is 300 g/mol. The molecule has 1 aromatic rings. The van der Waals surface area contributed by atoms with Crippen LogP contribution in [-0.2, 0) is 16.1 Å². The van der Waals surface area contributed by atoms with Crippen molar-refractivity contribution in [3.63, 3.8) is 0 Å². The smallest absolute Gasteiger partial charge is 0.236 e. The second-order valence-electron chi connectivity index (χ2n) is 5.92. The number of nitrogens with one attached hydrogen (secondary N) is 1. The monoisotopic (exact) mass is 326 g/mol. The van der Waals surface area contributed by atoms with Crippen molar-refractivity contribution in [2.24, 2.45) is 0 Å². The highest BCUT2D eigenvalue weighted by Gasteiger charge is 2.25. The van der Waals surface area contributed by atoms with E-state index in [-0.39, 0.29) is 5.91 Å². The molecule has 2 rings (SSSR count). The van der Waals surface area contributed by atoms with Crippen molar-refractivity contribution in [2.45, 2.75) is 12.6 Å². The highest BCUT2D eigenvalue weighted by atomic mass is 16.5. The molecule has 0 radical (unpaired) electrons. The number of aromatic amines is 1. The van der Waals surface area contributed by atoms with Gasteiger partial charge in [0.05, 0.1) is 31.1 Å². The molecule has 0 spiro atoms. The quantitative estimate of drug-likeness (QED) is 0.622. The lowest BCUT2D eigenvalue weighted by molar-refractivity contribution is -0.133. The number of hydrogen-bond donors (Lipinski definition) is 2. The number of aliphatic hydroxyl groups excluding tert-OH is 1. The number of ether oxygens (including phenoxy) is 1. The number of hydrogen-bond acceptors (Lipinski definition) is 7. The number of nitrogens with zero attached hydrogens (tertiary/aromatic N) is 5. The SMILES string of the molecule is COCCN(C)CC(=O)N1CCN(Cc2cn[nH]n2)C[C@H](O)C1. The molecule has 0 aliphatic carbocycles. The summed E-state index contributed by atoms with van der Waals surface area (Å²) in [6, 6.07) is 0. The first-order valence-corrected chi connectivity index (χ1v) is 7.78. The maximum absolute atomic E-state index is 12.4. The van der Waals surface area contributed by atoms with E-state index in [0.29, 0.717) is 52.4 Å². The molecule has 2 N–H and O–H groups in total. The maximum Gasteiger partial charge on any atom is 0.236 e. The van der Waals surface area contributed by atoms with E-state index in [9.17, 15) is 9.90 Å². The van der Waals surface area contributed by atoms with Crippen LogP contribution >= 0.6 is 0 Å². The third-order valence-electron chi connectivity index (χ3n) is 3.87. The van der Waals surface area contributed by atoms with Gasteiger partial charge in [-0.2, -0.15) is 15.4 Å². The van der Waals surface area contributed by atoms with E-state index < -0.39 is 6.10 Å². The van der Waals surface area contributed by atoms with Gasteiger partial charge in [0.1, 0.15) is 0 Å². The fourth-order valence-electron chi connectivity index (χ4n) is 2.61. The lowest BCUT2D eigenvalue weighted by Crippen LogP contribution is -2.43. The highest BCUT2D eigenvalue weighted by molar-refractivity contribution is 5.78. The summed E-state index contributed by atoms with van der Waals surface area (Å²) in [6.45, 7) is 4.45. The summed E-state index contributed by atoms with van der Waals surface area (Å²) in [6.07, 6.45) is 1.11. The minimum atomic E-state index is -0.558. The van der Waals surface area contributed by atoms with Crippen LogP contribution in [0.15, 0.2) is 6.20 Å². The predicted molar refractivity (Wildman–Crippen MR) is 83.6 cm³/mol. The second-order valence-corrected chi connectivity index (χ2v) is 5.92. The van der Waals surface area contributed by atoms with Crippen LogP contribution in [0.5, 0.6) is 0 Å². The minimum absolute atomic E-state index is 0.0333. The Balaban J connectivity index is 1.83. The summed E-state index contributed by atoms with van der Waals surface area (Å²) >= 11 is 0. The van der Waals surface area contributed by atoms with Crippen LogP contribution < -0.4 is 0 Å². The first-order valence-electron chi connectivity index (χ1n) is 7.78. The molecule has 1 saturated heterocycles. The van der Waals surface area contributed by atoms with Gasteiger partial charge < -0.3 is 14.7 Å². The fraction of sp³-hybridized carbons (Fsp3) is 0.786. The molecule has 130 valence electrons. The average molecular weight is 326 g/mol. The number of aliphatic hydroxyl groups is 1. The van der Waals surface area contributed by atoms with Crippen molar-refractivity contribution in [3.05, 3.63) is 11.9 Å². The van der Waals surface area contributed by atoms with Crippen LogP contribution in [0.1, 0.15) is 5.69 Å². The number of carbonyl (C=O) groups excluding carboxylic acids is 1. The Bertz CT molecular complexity index is 469. The third-order valence-corrected chi connectivity index (χ3v) is 3.87. The first kappa shape index (κ1) is 17.8. The lowest BCUT2D eigenvalue weighted by atomic mass is 10.3. The molecule has 2 heterocycles. The van der Waals surface area contributed by atoms with Crippen LogP contribution in [0, 0.1) is 0 Å². The van der Waals surface area contributed by atoms with E-state index in [2.05, 4.69) is 20.3 Å². The Hall–Kier alpha value is -1.55. The summed E-state index contributed by atoms with van der Waals surface area (Å²) in [5, 5.41) is 20.6. The van der Waals surface area contributed by atoms with E-state index in [1.807, 2.05) is 11.9 Å². The normalized spacial score (nSPS) is 20.0. The van der Waals surface area contributed by atoms with Crippen molar-refractivity contribution in [1.29, 1.82) is 0 Å². The molecular formula is C14H26N6O3. The van der Waals surface area contributed by atoms with E-state index in [4.69, 9.17) is 4.74 Å². The summed E-state index contributed by atoms with van der Waals surface area (Å²) in [4.78, 5) is 18.1. The van der Waals surface area contributed by atoms with Crippen molar-refractivity contribution >= 4 is 5.91 Å². The first-order chi connectivity index (χ1) is 11.1. The van der Waals surface area contributed by atoms with Gasteiger partial charge >= 0.3 is 0 Å². The van der Waals surface area contributed by atoms with Crippen LogP contribution in [0.2, 0.25) is 0 Å². The molecule has 1 aliphatic rings. The van der Waals surface area contributed by atoms with Gasteiger partial charge in [0.25, 0.3) is 0 Å². The van der Waals surface area contributed by atoms with Gasteiger partial charge in [0.2, 0.25) is 5.91 Å². The number of likely N-dealkylation sites (N-methyl/N-ethyl adjacent to an activating group) is 1. The van der Waals surface area contributed by atoms with Crippen molar-refractivity contribution in [3.8, 4) is 0 Å². The number of β-amino-alcohol motifs (C(OH)–C–C–N with tert-alkyl or cyclic N) is 1. The maximum atomic E-state index is 12.4. The van der Waals surface area contributed by atoms with E-state index in [1.54, 1.807) is 18.2 Å². The van der Waals surface area contributed by atoms with Gasteiger partial charge in [0.15, 0.2) is 0 Å². The molecule has 9 heteroatoms. The Morgan fingerprint density at radius 1 is 1.52 bits per heavy atom. The zero-order valence-electron chi connectivity index (χ0n) is 13.8. The second kappa shape index (κ2) is 8.92. The molecule has 0 aromatic carbocycles. The number of aromatic nitrogens is 3. The van der Waals surface area contributed by atoms with Crippen LogP contribution in [-0.4, -0.2) is 107 Å². The largest absolute Gasteiger partial charge is 0.390 e. The van der Waals surface area contributed by atoms with Gasteiger partial charge in [-0.15, -0.1) is 0 Å². The van der Waals surface area contributed by atoms with Crippen LogP contribution in [0.25, 0.3) is 0 Å². The Kier molecular flexibility index (Phi) is 6.90. The molecule has 1 aromatic heterocycles. The number of amides is 1. The fourth-order valence-corrected chi connectivity index (χ4v) is 2.61. The average Bonchev–Trinajstić information content (AvgIpc) is 2.94. The standard InChI is InChI=1S/C14H26N6O3/c1-18(5-6-23-2)11-14(22)20-4-3-19(9-13(21)10-20)8-12-7-15-17-16-12/h7,13,21H,3-6,8-11H2,1-2H3,(H,15,16,17)/t13-/m0/s1. The molecule has 1 fully saturated rings. The van der Waals surface area contributed by atoms with Gasteiger partial charge in [-0.1, -0.05) is 0 Å². The van der Waals surface area contributed by atoms with E-state index in [1.165, 1.54) is 0 Å². The van der Waals surface area contributed by atoms with E-state index in [0.717, 1.165) is 5.69 Å². The van der Waals surface area contributed by atoms with Crippen LogP contribution in [0.3, 0.4) is 0 Å². The highest BCUT2D eigenvalue weighted by Crippen LogP contribution is 2.08. The van der Waals surface area contributed by atoms with Gasteiger partial charge in [-0.3, -0.25) is 14.6 Å². The number of rotatable bonds is 7. The third kappa shape index (κ3) is 5.87. The predicted octanol–water partition coefficient (Wildman–Crippen LogP) is -1.61. The molecule has 1 atom stereocenters. The Morgan fingerprint density at radius 2 is 2.35 bits per heavy atom. The van der Waals surface area contributed by atoms with Gasteiger partial charge in [-0.25, -0.2) is 0 Å². The summed E-state index contributed by atoms with van der Waals surface area (Å²) in [5.74, 6) is 0.0333. The number of carbonyl (C=O) groups is 1. The number of methoxy groups -OCH3 is 1. The summed E-state index contributed by atoms with van der Waals surface area (Å²) in [7, 11) is 3.53. The summed E-state index contributed by atoms with van der Waals surface area (Å²) in [5.41, 5.74) is 0.830. The van der Waals surface area contributed by atoms with Gasteiger partial charge in [-0.05, 0) is 7.05 Å².